The largest absolute Gasteiger partial charge is 0.464 e. The summed E-state index contributed by atoms with van der Waals surface area (Å²) >= 11 is 0. The fourth-order valence-corrected chi connectivity index (χ4v) is 5.52. The molecular weight excluding hydrogens is 528 g/mol. The summed E-state index contributed by atoms with van der Waals surface area (Å²) in [6.45, 7) is 7.73. The van der Waals surface area contributed by atoms with E-state index in [-0.39, 0.29) is 31.6 Å². The van der Waals surface area contributed by atoms with E-state index in [1.54, 1.807) is 13.2 Å². The number of nitrogens with zero attached hydrogens (tertiary/aromatic N) is 1. The van der Waals surface area contributed by atoms with E-state index in [1.165, 1.54) is 19.6 Å². The second-order valence-corrected chi connectivity index (χ2v) is 11.9. The number of carbonyl (C=O) groups excluding carboxylic acids is 3. The summed E-state index contributed by atoms with van der Waals surface area (Å²) in [5.41, 5.74) is 1.62. The Morgan fingerprint density at radius 1 is 1.02 bits per heavy atom. The molecule has 41 heavy (non-hydrogen) atoms. The van der Waals surface area contributed by atoms with Crippen LogP contribution in [0.25, 0.3) is 0 Å². The van der Waals surface area contributed by atoms with Gasteiger partial charge in [-0.05, 0) is 63.9 Å². The van der Waals surface area contributed by atoms with Crippen molar-refractivity contribution in [1.29, 1.82) is 5.41 Å². The summed E-state index contributed by atoms with van der Waals surface area (Å²) < 4.78 is 16.8. The van der Waals surface area contributed by atoms with Gasteiger partial charge in [0.2, 0.25) is 5.79 Å². The lowest BCUT2D eigenvalue weighted by Gasteiger charge is -2.36. The normalized spacial score (nSPS) is 34.2. The van der Waals surface area contributed by atoms with Crippen LogP contribution in [0, 0.1) is 23.2 Å². The predicted octanol–water partition coefficient (Wildman–Crippen LogP) is 3.59. The Kier molecular flexibility index (Phi) is 13.8. The maximum Gasteiger partial charge on any atom is 0.328 e. The Balaban J connectivity index is 2.33. The van der Waals surface area contributed by atoms with E-state index in [2.05, 4.69) is 13.0 Å². The molecule has 2 aliphatic rings. The lowest BCUT2D eigenvalue weighted by molar-refractivity contribution is -0.208. The van der Waals surface area contributed by atoms with Crippen LogP contribution in [0.2, 0.25) is 0 Å². The molecule has 2 rings (SSSR count). The molecule has 0 unspecified atom stereocenters. The average molecular weight is 579 g/mol. The van der Waals surface area contributed by atoms with E-state index in [0.717, 1.165) is 17.7 Å². The first kappa shape index (κ1) is 34.8. The van der Waals surface area contributed by atoms with E-state index in [9.17, 15) is 24.6 Å². The van der Waals surface area contributed by atoms with Crippen molar-refractivity contribution in [3.05, 3.63) is 23.8 Å². The molecule has 0 aliphatic carbocycles. The van der Waals surface area contributed by atoms with Gasteiger partial charge in [0.1, 0.15) is 6.04 Å². The van der Waals surface area contributed by atoms with E-state index in [0.29, 0.717) is 43.7 Å². The lowest BCUT2D eigenvalue weighted by atomic mass is 9.87. The molecule has 1 fully saturated rings. The molecule has 0 aromatic heterocycles. The number of fused-ring (bicyclic) bond motifs is 1. The molecule has 2 heterocycles. The van der Waals surface area contributed by atoms with Gasteiger partial charge >= 0.3 is 5.97 Å². The van der Waals surface area contributed by atoms with E-state index < -0.39 is 41.5 Å². The number of hydrogen-bond acceptors (Lipinski definition) is 9. The number of methoxy groups -OCH3 is 2. The SMILES string of the molecule is CO[C@@H]1C[C@@H](OC)C[C@@H](C)C/C(C)=C/CC(=N)/C=C/[C@@H](C)COC(=O)[C@@H]2CCCCN2C(=O)C(=O)C(O)(O)[C@H](C)C1. The topological polar surface area (TPSA) is 146 Å². The van der Waals surface area contributed by atoms with Gasteiger partial charge < -0.3 is 34.7 Å². The van der Waals surface area contributed by atoms with Crippen LogP contribution in [0.4, 0.5) is 0 Å². The minimum atomic E-state index is -2.93. The number of hydrogen-bond donors (Lipinski definition) is 3. The van der Waals surface area contributed by atoms with Crippen LogP contribution >= 0.6 is 0 Å². The quantitative estimate of drug-likeness (QED) is 0.195. The Labute approximate surface area is 244 Å². The number of ketones is 1. The Hall–Kier alpha value is -2.40. The summed E-state index contributed by atoms with van der Waals surface area (Å²) in [7, 11) is 3.15. The second-order valence-electron chi connectivity index (χ2n) is 11.9. The van der Waals surface area contributed by atoms with Crippen molar-refractivity contribution in [1.82, 2.24) is 4.90 Å². The average Bonchev–Trinajstić information content (AvgIpc) is 2.95. The first-order valence-corrected chi connectivity index (χ1v) is 14.7. The van der Waals surface area contributed by atoms with Crippen molar-refractivity contribution in [2.75, 3.05) is 27.4 Å². The number of allylic oxidation sites excluding steroid dienone is 3. The van der Waals surface area contributed by atoms with Crippen LogP contribution in [-0.4, -0.2) is 89.9 Å². The Bertz CT molecular complexity index is 975. The molecule has 6 atom stereocenters. The van der Waals surface area contributed by atoms with Crippen molar-refractivity contribution in [3.8, 4) is 0 Å². The highest BCUT2D eigenvalue weighted by Gasteiger charge is 2.48. The zero-order valence-electron chi connectivity index (χ0n) is 25.6. The zero-order valence-corrected chi connectivity index (χ0v) is 25.6. The third kappa shape index (κ3) is 10.4. The lowest BCUT2D eigenvalue weighted by Crippen LogP contribution is -2.58. The van der Waals surface area contributed by atoms with Crippen molar-refractivity contribution in [3.63, 3.8) is 0 Å². The van der Waals surface area contributed by atoms with Gasteiger partial charge in [0, 0.05) is 44.7 Å². The van der Waals surface area contributed by atoms with Crippen molar-refractivity contribution < 1.29 is 38.8 Å². The molecule has 0 radical (unpaired) electrons. The molecular formula is C31H50N2O8. The molecule has 10 nitrogen and oxygen atoms in total. The molecule has 2 aliphatic heterocycles. The smallest absolute Gasteiger partial charge is 0.328 e. The highest BCUT2D eigenvalue weighted by molar-refractivity contribution is 6.39. The number of amides is 1. The van der Waals surface area contributed by atoms with Gasteiger partial charge in [-0.2, -0.15) is 0 Å². The maximum atomic E-state index is 13.2. The van der Waals surface area contributed by atoms with Gasteiger partial charge in [-0.1, -0.05) is 38.5 Å². The number of ether oxygens (including phenoxy) is 3. The van der Waals surface area contributed by atoms with E-state index >= 15 is 0 Å². The van der Waals surface area contributed by atoms with Crippen LogP contribution in [0.5, 0.6) is 0 Å². The summed E-state index contributed by atoms with van der Waals surface area (Å²) in [6.07, 6.45) is 9.19. The molecule has 0 bridgehead atoms. The van der Waals surface area contributed by atoms with Crippen molar-refractivity contribution >= 4 is 23.4 Å². The third-order valence-electron chi connectivity index (χ3n) is 8.18. The molecule has 1 amide bonds. The Morgan fingerprint density at radius 3 is 2.34 bits per heavy atom. The monoisotopic (exact) mass is 578 g/mol. The van der Waals surface area contributed by atoms with Crippen LogP contribution in [-0.2, 0) is 28.6 Å². The number of carbonyl (C=O) groups is 3. The summed E-state index contributed by atoms with van der Waals surface area (Å²) in [6, 6.07) is -0.980. The van der Waals surface area contributed by atoms with Crippen molar-refractivity contribution in [2.45, 2.75) is 103 Å². The molecule has 3 N–H and O–H groups in total. The second kappa shape index (κ2) is 16.3. The van der Waals surface area contributed by atoms with Crippen LogP contribution < -0.4 is 0 Å². The minimum absolute atomic E-state index is 0.0571. The number of Topliss-reactive ketones (excluding diaryl/α,β-unsaturated/α-hetero) is 1. The molecule has 232 valence electrons. The molecule has 0 saturated carbocycles. The third-order valence-corrected chi connectivity index (χ3v) is 8.18. The standard InChI is InChI=1S/C31H50N2O8/c1-20-10-12-24(32)13-11-21(2)19-41-30(36)27-9-7-8-14-33(27)29(35)28(34)31(37,38)23(4)17-26(40-6)18-25(39-5)16-22(3)15-20/h10-11,13,21-23,25-27,32,37-38H,7-9,12,14-19H2,1-6H3/b13-11+,20-10+,32-24?/t21-,22+,23-,25+,26+,27+/m1/s1. The number of rotatable bonds is 2. The number of nitrogens with one attached hydrogen (secondary N) is 1. The highest BCUT2D eigenvalue weighted by Crippen LogP contribution is 2.28. The first-order chi connectivity index (χ1) is 19.3. The molecule has 1 saturated heterocycles. The summed E-state index contributed by atoms with van der Waals surface area (Å²) in [4.78, 5) is 40.5. The molecule has 0 spiro atoms. The van der Waals surface area contributed by atoms with Crippen molar-refractivity contribution in [2.24, 2.45) is 17.8 Å². The van der Waals surface area contributed by atoms with Crippen LogP contribution in [0.3, 0.4) is 0 Å². The number of esters is 1. The number of piperidine rings is 1. The zero-order chi connectivity index (χ0) is 30.7. The summed E-state index contributed by atoms with van der Waals surface area (Å²) in [5, 5.41) is 30.0. The predicted molar refractivity (Wildman–Crippen MR) is 155 cm³/mol. The van der Waals surface area contributed by atoms with E-state index in [1.807, 2.05) is 19.9 Å². The fourth-order valence-electron chi connectivity index (χ4n) is 5.52. The summed E-state index contributed by atoms with van der Waals surface area (Å²) in [5.74, 6) is -6.94. The van der Waals surface area contributed by atoms with Gasteiger partial charge in [-0.3, -0.25) is 9.59 Å². The minimum Gasteiger partial charge on any atom is -0.464 e. The number of cyclic esters (lactones) is 1. The van der Waals surface area contributed by atoms with Crippen LogP contribution in [0.15, 0.2) is 23.8 Å². The van der Waals surface area contributed by atoms with Gasteiger partial charge in [-0.25, -0.2) is 4.79 Å². The van der Waals surface area contributed by atoms with Gasteiger partial charge in [0.15, 0.2) is 0 Å². The Morgan fingerprint density at radius 2 is 1.68 bits per heavy atom. The molecule has 0 aromatic rings. The highest BCUT2D eigenvalue weighted by atomic mass is 16.5. The van der Waals surface area contributed by atoms with Gasteiger partial charge in [0.05, 0.1) is 18.8 Å². The molecule has 0 aromatic carbocycles. The van der Waals surface area contributed by atoms with Gasteiger partial charge in [0.25, 0.3) is 11.7 Å². The van der Waals surface area contributed by atoms with Gasteiger partial charge in [-0.15, -0.1) is 0 Å². The fraction of sp³-hybridized carbons (Fsp3) is 0.742. The number of aliphatic hydroxyl groups is 2. The molecule has 10 heteroatoms. The first-order valence-electron chi connectivity index (χ1n) is 14.7. The maximum absolute atomic E-state index is 13.2. The van der Waals surface area contributed by atoms with Crippen LogP contribution in [0.1, 0.15) is 79.1 Å². The van der Waals surface area contributed by atoms with E-state index in [4.69, 9.17) is 19.6 Å².